The number of hydrogen-bond acceptors (Lipinski definition) is 3. The van der Waals surface area contributed by atoms with Gasteiger partial charge in [0.2, 0.25) is 5.91 Å². The molecule has 0 saturated heterocycles. The van der Waals surface area contributed by atoms with E-state index in [2.05, 4.69) is 5.32 Å². The van der Waals surface area contributed by atoms with Crippen molar-refractivity contribution in [1.82, 2.24) is 5.32 Å². The largest absolute Gasteiger partial charge is 0.480 e. The van der Waals surface area contributed by atoms with Gasteiger partial charge in [-0.1, -0.05) is 12.1 Å². The number of nitrogens with one attached hydrogen (secondary N) is 2. The molecule has 6 nitrogen and oxygen atoms in total. The highest BCUT2D eigenvalue weighted by atomic mass is 19.4. The number of hydrogen-bond donors (Lipinski definition) is 3. The molecule has 0 radical (unpaired) electrons. The minimum absolute atomic E-state index is 0.298. The van der Waals surface area contributed by atoms with Gasteiger partial charge in [-0.3, -0.25) is 9.59 Å². The van der Waals surface area contributed by atoms with E-state index in [0.717, 1.165) is 0 Å². The molecule has 0 aromatic heterocycles. The zero-order chi connectivity index (χ0) is 16.9. The Kier molecular flexibility index (Phi) is 5.50. The molecule has 0 saturated carbocycles. The molecule has 1 atom stereocenters. The van der Waals surface area contributed by atoms with Crippen LogP contribution in [0.2, 0.25) is 0 Å². The van der Waals surface area contributed by atoms with Gasteiger partial charge in [-0.05, 0) is 17.7 Å². The van der Waals surface area contributed by atoms with Crippen LogP contribution in [0.15, 0.2) is 24.3 Å². The molecular weight excluding hydrogens is 305 g/mol. The van der Waals surface area contributed by atoms with Gasteiger partial charge in [0, 0.05) is 19.0 Å². The molecular formula is C13H13F3N2O4. The number of halogens is 3. The highest BCUT2D eigenvalue weighted by molar-refractivity contribution is 5.88. The van der Waals surface area contributed by atoms with Crippen LogP contribution in [0, 0.1) is 0 Å². The number of aliphatic carboxylic acids is 1. The minimum Gasteiger partial charge on any atom is -0.480 e. The second-order valence-electron chi connectivity index (χ2n) is 4.44. The van der Waals surface area contributed by atoms with E-state index < -0.39 is 24.1 Å². The van der Waals surface area contributed by atoms with Gasteiger partial charge in [-0.25, -0.2) is 4.79 Å². The molecule has 1 aromatic carbocycles. The molecule has 0 heterocycles. The maximum atomic E-state index is 12.1. The fourth-order valence-electron chi connectivity index (χ4n) is 1.60. The molecule has 0 aliphatic carbocycles. The number of carbonyl (C=O) groups is 3. The zero-order valence-electron chi connectivity index (χ0n) is 11.4. The normalized spacial score (nSPS) is 12.4. The molecule has 22 heavy (non-hydrogen) atoms. The Morgan fingerprint density at radius 3 is 2.14 bits per heavy atom. The molecule has 2 amide bonds. The quantitative estimate of drug-likeness (QED) is 0.763. The van der Waals surface area contributed by atoms with Crippen molar-refractivity contribution in [2.75, 3.05) is 5.32 Å². The standard InChI is InChI=1S/C13H13F3N2O4/c1-7(19)17-9-4-2-8(3-5-9)6-10(11(20)21)18-12(22)13(14,15)16/h2-5,10H,6H2,1H3,(H,17,19)(H,18,22)(H,20,21). The van der Waals surface area contributed by atoms with Gasteiger partial charge in [0.05, 0.1) is 0 Å². The molecule has 0 fully saturated rings. The van der Waals surface area contributed by atoms with Crippen LogP contribution in [0.25, 0.3) is 0 Å². The lowest BCUT2D eigenvalue weighted by atomic mass is 10.1. The number of carboxylic acids is 1. The molecule has 3 N–H and O–H groups in total. The van der Waals surface area contributed by atoms with E-state index in [1.807, 2.05) is 0 Å². The number of carboxylic acid groups (broad SMARTS) is 1. The van der Waals surface area contributed by atoms with Crippen molar-refractivity contribution >= 4 is 23.5 Å². The Morgan fingerprint density at radius 2 is 1.73 bits per heavy atom. The van der Waals surface area contributed by atoms with Gasteiger partial charge in [-0.15, -0.1) is 0 Å². The second-order valence-corrected chi connectivity index (χ2v) is 4.44. The van der Waals surface area contributed by atoms with Crippen LogP contribution in [0.1, 0.15) is 12.5 Å². The van der Waals surface area contributed by atoms with Crippen LogP contribution in [-0.4, -0.2) is 35.1 Å². The third kappa shape index (κ3) is 5.43. The summed E-state index contributed by atoms with van der Waals surface area (Å²) in [6.45, 7) is 1.31. The highest BCUT2D eigenvalue weighted by Gasteiger charge is 2.40. The maximum Gasteiger partial charge on any atom is 0.471 e. The van der Waals surface area contributed by atoms with E-state index >= 15 is 0 Å². The van der Waals surface area contributed by atoms with E-state index in [9.17, 15) is 27.6 Å². The first-order chi connectivity index (χ1) is 10.1. The number of carbonyl (C=O) groups excluding carboxylic acids is 2. The average Bonchev–Trinajstić information content (AvgIpc) is 2.38. The number of benzene rings is 1. The molecule has 1 unspecified atom stereocenters. The molecule has 0 bridgehead atoms. The summed E-state index contributed by atoms with van der Waals surface area (Å²) in [6.07, 6.45) is -5.47. The second kappa shape index (κ2) is 6.92. The predicted octanol–water partition coefficient (Wildman–Crippen LogP) is 1.32. The fraction of sp³-hybridized carbons (Fsp3) is 0.308. The van der Waals surface area contributed by atoms with Crippen molar-refractivity contribution in [2.24, 2.45) is 0 Å². The summed E-state index contributed by atoms with van der Waals surface area (Å²) < 4.78 is 36.4. The Labute approximate surface area is 123 Å². The third-order valence-corrected chi connectivity index (χ3v) is 2.58. The Balaban J connectivity index is 2.77. The number of amides is 2. The van der Waals surface area contributed by atoms with Crippen LogP contribution in [-0.2, 0) is 20.8 Å². The van der Waals surface area contributed by atoms with Gasteiger partial charge < -0.3 is 15.7 Å². The Hall–Kier alpha value is -2.58. The summed E-state index contributed by atoms with van der Waals surface area (Å²) in [7, 11) is 0. The lowest BCUT2D eigenvalue weighted by molar-refractivity contribution is -0.175. The summed E-state index contributed by atoms with van der Waals surface area (Å²) in [5, 5.41) is 12.8. The Bertz CT molecular complexity index is 570. The number of rotatable bonds is 5. The SMILES string of the molecule is CC(=O)Nc1ccc(CC(NC(=O)C(F)(F)F)C(=O)O)cc1. The van der Waals surface area contributed by atoms with Gasteiger partial charge in [-0.2, -0.15) is 13.2 Å². The minimum atomic E-state index is -5.15. The van der Waals surface area contributed by atoms with Gasteiger partial charge >= 0.3 is 18.1 Å². The van der Waals surface area contributed by atoms with Crippen LogP contribution in [0.3, 0.4) is 0 Å². The third-order valence-electron chi connectivity index (χ3n) is 2.58. The van der Waals surface area contributed by atoms with Crippen molar-refractivity contribution in [2.45, 2.75) is 25.6 Å². The van der Waals surface area contributed by atoms with E-state index in [-0.39, 0.29) is 12.3 Å². The van der Waals surface area contributed by atoms with Crippen LogP contribution in [0.5, 0.6) is 0 Å². The van der Waals surface area contributed by atoms with Crippen molar-refractivity contribution in [3.05, 3.63) is 29.8 Å². The van der Waals surface area contributed by atoms with Crippen LogP contribution in [0.4, 0.5) is 18.9 Å². The fourth-order valence-corrected chi connectivity index (χ4v) is 1.60. The molecule has 0 spiro atoms. The van der Waals surface area contributed by atoms with E-state index in [1.165, 1.54) is 36.5 Å². The monoisotopic (exact) mass is 318 g/mol. The van der Waals surface area contributed by atoms with Crippen molar-refractivity contribution < 1.29 is 32.7 Å². The molecule has 120 valence electrons. The van der Waals surface area contributed by atoms with Crippen molar-refractivity contribution in [1.29, 1.82) is 0 Å². The van der Waals surface area contributed by atoms with Crippen LogP contribution < -0.4 is 10.6 Å². The Morgan fingerprint density at radius 1 is 1.18 bits per heavy atom. The highest BCUT2D eigenvalue weighted by Crippen LogP contribution is 2.16. The van der Waals surface area contributed by atoms with E-state index in [0.29, 0.717) is 11.3 Å². The van der Waals surface area contributed by atoms with Crippen molar-refractivity contribution in [3.63, 3.8) is 0 Å². The number of alkyl halides is 3. The average molecular weight is 318 g/mol. The summed E-state index contributed by atoms with van der Waals surface area (Å²) in [5.41, 5.74) is 0.853. The predicted molar refractivity (Wildman–Crippen MR) is 70.1 cm³/mol. The first kappa shape index (κ1) is 17.5. The smallest absolute Gasteiger partial charge is 0.471 e. The van der Waals surface area contributed by atoms with Gasteiger partial charge in [0.1, 0.15) is 6.04 Å². The molecule has 9 heteroatoms. The summed E-state index contributed by atoms with van der Waals surface area (Å²) >= 11 is 0. The molecule has 1 rings (SSSR count). The zero-order valence-corrected chi connectivity index (χ0v) is 11.4. The summed E-state index contributed by atoms with van der Waals surface area (Å²) in [6, 6.07) is 4.13. The summed E-state index contributed by atoms with van der Waals surface area (Å²) in [4.78, 5) is 32.6. The lowest BCUT2D eigenvalue weighted by Crippen LogP contribution is -2.47. The maximum absolute atomic E-state index is 12.1. The number of anilines is 1. The van der Waals surface area contributed by atoms with Gasteiger partial charge in [0.25, 0.3) is 0 Å². The molecule has 1 aromatic rings. The van der Waals surface area contributed by atoms with Crippen LogP contribution >= 0.6 is 0 Å². The van der Waals surface area contributed by atoms with E-state index in [1.54, 1.807) is 0 Å². The molecule has 0 aliphatic heterocycles. The molecule has 0 aliphatic rings. The summed E-state index contributed by atoms with van der Waals surface area (Å²) in [5.74, 6) is -4.19. The lowest BCUT2D eigenvalue weighted by Gasteiger charge is -2.16. The van der Waals surface area contributed by atoms with E-state index in [4.69, 9.17) is 5.11 Å². The van der Waals surface area contributed by atoms with Crippen molar-refractivity contribution in [3.8, 4) is 0 Å². The first-order valence-corrected chi connectivity index (χ1v) is 6.06. The topological polar surface area (TPSA) is 95.5 Å². The first-order valence-electron chi connectivity index (χ1n) is 6.06. The van der Waals surface area contributed by atoms with Gasteiger partial charge in [0.15, 0.2) is 0 Å².